The van der Waals surface area contributed by atoms with Crippen LogP contribution in [0.1, 0.15) is 38.5 Å². The average molecular weight is 340 g/mol. The van der Waals surface area contributed by atoms with Crippen molar-refractivity contribution in [3.8, 4) is 6.07 Å². The largest absolute Gasteiger partial charge is 0.451 e. The molecule has 122 valence electrons. The molecular weight excluding hydrogens is 324 g/mol. The second-order valence-electron chi connectivity index (χ2n) is 5.58. The second-order valence-corrected chi connectivity index (χ2v) is 6.72. The monoisotopic (exact) mass is 340 g/mol. The highest BCUT2D eigenvalue weighted by molar-refractivity contribution is 7.14. The first kappa shape index (κ1) is 16.2. The van der Waals surface area contributed by atoms with Gasteiger partial charge in [-0.3, -0.25) is 4.79 Å². The fraction of sp³-hybridized carbons (Fsp3) is 0.278. The number of nitrogens with one attached hydrogen (secondary N) is 1. The molecule has 24 heavy (non-hydrogen) atoms. The lowest BCUT2D eigenvalue weighted by atomic mass is 9.99. The number of ether oxygens (including phenoxy) is 1. The third kappa shape index (κ3) is 3.81. The molecule has 1 aromatic carbocycles. The summed E-state index contributed by atoms with van der Waals surface area (Å²) in [6, 6.07) is 10.4. The van der Waals surface area contributed by atoms with E-state index in [-0.39, 0.29) is 6.61 Å². The quantitative estimate of drug-likeness (QED) is 0.866. The van der Waals surface area contributed by atoms with Crippen LogP contribution in [0.25, 0.3) is 0 Å². The Morgan fingerprint density at radius 2 is 1.96 bits per heavy atom. The Morgan fingerprint density at radius 3 is 2.67 bits per heavy atom. The fourth-order valence-electron chi connectivity index (χ4n) is 2.62. The third-order valence-electron chi connectivity index (χ3n) is 3.83. The summed E-state index contributed by atoms with van der Waals surface area (Å²) in [5.41, 5.74) is 2.31. The van der Waals surface area contributed by atoms with Crippen LogP contribution in [0.3, 0.4) is 0 Å². The van der Waals surface area contributed by atoms with Crippen LogP contribution < -0.4 is 5.32 Å². The van der Waals surface area contributed by atoms with Crippen LogP contribution in [-0.4, -0.2) is 18.5 Å². The number of amides is 1. The maximum absolute atomic E-state index is 12.1. The Balaban J connectivity index is 1.52. The van der Waals surface area contributed by atoms with E-state index in [0.717, 1.165) is 25.7 Å². The van der Waals surface area contributed by atoms with Crippen LogP contribution in [0.5, 0.6) is 0 Å². The number of carbonyl (C=O) groups is 2. The molecule has 0 aliphatic heterocycles. The molecule has 0 unspecified atom stereocenters. The predicted octanol–water partition coefficient (Wildman–Crippen LogP) is 3.29. The number of esters is 1. The zero-order valence-electron chi connectivity index (χ0n) is 13.0. The number of carbonyl (C=O) groups excluding carboxylic acids is 2. The molecule has 1 heterocycles. The lowest BCUT2D eigenvalue weighted by molar-refractivity contribution is -0.119. The van der Waals surface area contributed by atoms with Crippen molar-refractivity contribution in [2.75, 3.05) is 11.9 Å². The minimum absolute atomic E-state index is 0.332. The van der Waals surface area contributed by atoms with E-state index in [1.807, 2.05) is 12.1 Å². The molecule has 0 spiro atoms. The van der Waals surface area contributed by atoms with Gasteiger partial charge in [0.15, 0.2) is 6.61 Å². The van der Waals surface area contributed by atoms with Gasteiger partial charge in [-0.15, -0.1) is 11.3 Å². The van der Waals surface area contributed by atoms with Crippen LogP contribution in [-0.2, 0) is 22.4 Å². The number of aryl methyl sites for hydroxylation is 2. The summed E-state index contributed by atoms with van der Waals surface area (Å²) in [4.78, 5) is 25.7. The van der Waals surface area contributed by atoms with Crippen molar-refractivity contribution in [3.63, 3.8) is 0 Å². The molecule has 2 aromatic rings. The zero-order chi connectivity index (χ0) is 16.9. The minimum atomic E-state index is -0.454. The van der Waals surface area contributed by atoms with Gasteiger partial charge in [-0.05, 0) is 61.6 Å². The number of nitriles is 1. The SMILES string of the molecule is N#Cc1ccc(NC(=O)COC(=O)c2cc3c(s2)CCCC3)cc1. The number of hydrogen-bond donors (Lipinski definition) is 1. The first-order valence-electron chi connectivity index (χ1n) is 7.74. The highest BCUT2D eigenvalue weighted by Gasteiger charge is 2.18. The summed E-state index contributed by atoms with van der Waals surface area (Å²) in [5.74, 6) is -0.862. The van der Waals surface area contributed by atoms with Crippen LogP contribution in [0, 0.1) is 11.3 Å². The Bertz CT molecular complexity index is 779. The van der Waals surface area contributed by atoms with Crippen molar-refractivity contribution in [3.05, 3.63) is 51.2 Å². The number of thiophene rings is 1. The highest BCUT2D eigenvalue weighted by atomic mass is 32.1. The van der Waals surface area contributed by atoms with Crippen LogP contribution in [0.2, 0.25) is 0 Å². The van der Waals surface area contributed by atoms with Crippen LogP contribution >= 0.6 is 11.3 Å². The van der Waals surface area contributed by atoms with Gasteiger partial charge in [-0.1, -0.05) is 0 Å². The van der Waals surface area contributed by atoms with Gasteiger partial charge in [-0.25, -0.2) is 4.79 Å². The number of nitrogens with zero attached hydrogens (tertiary/aromatic N) is 1. The fourth-order valence-corrected chi connectivity index (χ4v) is 3.77. The van der Waals surface area contributed by atoms with E-state index in [0.29, 0.717) is 16.1 Å². The molecule has 1 aliphatic carbocycles. The predicted molar refractivity (Wildman–Crippen MR) is 91.0 cm³/mol. The van der Waals surface area contributed by atoms with E-state index < -0.39 is 11.9 Å². The maximum Gasteiger partial charge on any atom is 0.348 e. The van der Waals surface area contributed by atoms with Gasteiger partial charge in [0.25, 0.3) is 5.91 Å². The minimum Gasteiger partial charge on any atom is -0.451 e. The summed E-state index contributed by atoms with van der Waals surface area (Å²) in [6.45, 7) is -0.332. The first-order valence-corrected chi connectivity index (χ1v) is 8.56. The van der Waals surface area contributed by atoms with Gasteiger partial charge < -0.3 is 10.1 Å². The summed E-state index contributed by atoms with van der Waals surface area (Å²) in [6.07, 6.45) is 4.35. The summed E-state index contributed by atoms with van der Waals surface area (Å²) >= 11 is 1.47. The molecule has 0 atom stereocenters. The van der Waals surface area contributed by atoms with Gasteiger partial charge in [0, 0.05) is 10.6 Å². The lowest BCUT2D eigenvalue weighted by Gasteiger charge is -2.08. The van der Waals surface area contributed by atoms with Gasteiger partial charge in [0.2, 0.25) is 0 Å². The Hall–Kier alpha value is -2.65. The lowest BCUT2D eigenvalue weighted by Crippen LogP contribution is -2.20. The van der Waals surface area contributed by atoms with E-state index in [9.17, 15) is 9.59 Å². The molecule has 0 saturated heterocycles. The van der Waals surface area contributed by atoms with Crippen molar-refractivity contribution in [2.24, 2.45) is 0 Å². The second kappa shape index (κ2) is 7.28. The first-order chi connectivity index (χ1) is 11.7. The molecule has 5 nitrogen and oxygen atoms in total. The number of rotatable bonds is 4. The summed E-state index contributed by atoms with van der Waals surface area (Å²) < 4.78 is 5.09. The molecule has 1 N–H and O–H groups in total. The number of benzene rings is 1. The number of hydrogen-bond acceptors (Lipinski definition) is 5. The van der Waals surface area contributed by atoms with Crippen molar-refractivity contribution in [1.29, 1.82) is 5.26 Å². The van der Waals surface area contributed by atoms with E-state index in [1.165, 1.54) is 21.8 Å². The Labute approximate surface area is 143 Å². The van der Waals surface area contributed by atoms with Gasteiger partial charge in [-0.2, -0.15) is 5.26 Å². The molecular formula is C18H16N2O3S. The van der Waals surface area contributed by atoms with Crippen molar-refractivity contribution < 1.29 is 14.3 Å². The van der Waals surface area contributed by atoms with Crippen LogP contribution in [0.4, 0.5) is 5.69 Å². The summed E-state index contributed by atoms with van der Waals surface area (Å²) in [7, 11) is 0. The molecule has 0 saturated carbocycles. The Kier molecular flexibility index (Phi) is 4.92. The van der Waals surface area contributed by atoms with Crippen molar-refractivity contribution >= 4 is 28.9 Å². The normalized spacial score (nSPS) is 12.8. The van der Waals surface area contributed by atoms with E-state index >= 15 is 0 Å². The van der Waals surface area contributed by atoms with Crippen molar-refractivity contribution in [1.82, 2.24) is 0 Å². The van der Waals surface area contributed by atoms with Gasteiger partial charge in [0.05, 0.1) is 11.6 Å². The maximum atomic E-state index is 12.1. The van der Waals surface area contributed by atoms with E-state index in [2.05, 4.69) is 5.32 Å². The molecule has 1 aliphatic rings. The molecule has 6 heteroatoms. The highest BCUT2D eigenvalue weighted by Crippen LogP contribution is 2.30. The third-order valence-corrected chi connectivity index (χ3v) is 5.05. The van der Waals surface area contributed by atoms with E-state index in [4.69, 9.17) is 10.00 Å². The molecule has 0 bridgehead atoms. The Morgan fingerprint density at radius 1 is 1.21 bits per heavy atom. The van der Waals surface area contributed by atoms with Crippen LogP contribution in [0.15, 0.2) is 30.3 Å². The molecule has 0 radical (unpaired) electrons. The number of anilines is 1. The van der Waals surface area contributed by atoms with E-state index in [1.54, 1.807) is 24.3 Å². The van der Waals surface area contributed by atoms with Gasteiger partial charge >= 0.3 is 5.97 Å². The average Bonchev–Trinajstić information content (AvgIpc) is 3.04. The van der Waals surface area contributed by atoms with Gasteiger partial charge in [0.1, 0.15) is 4.88 Å². The van der Waals surface area contributed by atoms with Crippen molar-refractivity contribution in [2.45, 2.75) is 25.7 Å². The smallest absolute Gasteiger partial charge is 0.348 e. The molecule has 1 amide bonds. The molecule has 3 rings (SSSR count). The topological polar surface area (TPSA) is 79.2 Å². The zero-order valence-corrected chi connectivity index (χ0v) is 13.8. The molecule has 1 aromatic heterocycles. The standard InChI is InChI=1S/C18H16N2O3S/c19-10-12-5-7-14(8-6-12)20-17(21)11-23-18(22)16-9-13-3-1-2-4-15(13)24-16/h5-9H,1-4,11H2,(H,20,21). The molecule has 0 fully saturated rings. The summed E-state index contributed by atoms with van der Waals surface area (Å²) in [5, 5.41) is 11.4. The number of fused-ring (bicyclic) bond motifs is 1.